The van der Waals surface area contributed by atoms with Crippen molar-refractivity contribution in [2.24, 2.45) is 0 Å². The lowest BCUT2D eigenvalue weighted by Crippen LogP contribution is -2.41. The van der Waals surface area contributed by atoms with Crippen molar-refractivity contribution >= 4 is 0 Å². The van der Waals surface area contributed by atoms with Crippen molar-refractivity contribution in [3.05, 3.63) is 114 Å². The summed E-state index contributed by atoms with van der Waals surface area (Å²) in [7, 11) is 0. The van der Waals surface area contributed by atoms with Crippen LogP contribution in [-0.4, -0.2) is 0 Å². The summed E-state index contributed by atoms with van der Waals surface area (Å²) in [5, 5.41) is 0. The molecule has 0 atom stereocenters. The van der Waals surface area contributed by atoms with Gasteiger partial charge < -0.3 is 0 Å². The van der Waals surface area contributed by atoms with Crippen molar-refractivity contribution in [2.45, 2.75) is 19.9 Å². The van der Waals surface area contributed by atoms with Crippen molar-refractivity contribution in [1.29, 1.82) is 0 Å². The predicted molar refractivity (Wildman–Crippen MR) is 112 cm³/mol. The Kier molecular flexibility index (Phi) is 5.11. The van der Waals surface area contributed by atoms with E-state index in [2.05, 4.69) is 115 Å². The predicted octanol–water partition coefficient (Wildman–Crippen LogP) is 5.92. The quantitative estimate of drug-likeness (QED) is 0.393. The standard InChI is InChI=1S/C26H24N/c1-2-25-18-24(22-14-8-4-9-15-22)19-26(23-16-10-5-11-17-23)27(25)20-21-12-6-3-7-13-21/h3-19H,2,20H2,1H3/q+1. The van der Waals surface area contributed by atoms with Crippen LogP contribution < -0.4 is 4.57 Å². The van der Waals surface area contributed by atoms with E-state index in [4.69, 9.17) is 0 Å². The first-order chi connectivity index (χ1) is 13.3. The van der Waals surface area contributed by atoms with E-state index in [0.29, 0.717) is 0 Å². The van der Waals surface area contributed by atoms with Crippen LogP contribution in [0.3, 0.4) is 0 Å². The van der Waals surface area contributed by atoms with Gasteiger partial charge in [0.15, 0.2) is 12.2 Å². The van der Waals surface area contributed by atoms with Crippen LogP contribution >= 0.6 is 0 Å². The maximum atomic E-state index is 2.46. The first-order valence-electron chi connectivity index (χ1n) is 9.56. The van der Waals surface area contributed by atoms with Gasteiger partial charge in [-0.05, 0) is 23.3 Å². The molecule has 132 valence electrons. The van der Waals surface area contributed by atoms with Crippen LogP contribution in [0.25, 0.3) is 22.4 Å². The molecule has 3 aromatic carbocycles. The minimum atomic E-state index is 0.878. The van der Waals surface area contributed by atoms with Gasteiger partial charge in [0.2, 0.25) is 5.69 Å². The number of benzene rings is 3. The fourth-order valence-electron chi connectivity index (χ4n) is 3.57. The molecule has 4 rings (SSSR count). The summed E-state index contributed by atoms with van der Waals surface area (Å²) < 4.78 is 2.46. The van der Waals surface area contributed by atoms with Gasteiger partial charge in [-0.15, -0.1) is 0 Å². The summed E-state index contributed by atoms with van der Waals surface area (Å²) in [6.07, 6.45) is 0.993. The van der Waals surface area contributed by atoms with Crippen molar-refractivity contribution in [3.8, 4) is 22.4 Å². The van der Waals surface area contributed by atoms with Crippen molar-refractivity contribution < 1.29 is 4.57 Å². The summed E-state index contributed by atoms with van der Waals surface area (Å²) in [5.41, 5.74) is 7.71. The van der Waals surface area contributed by atoms with E-state index < -0.39 is 0 Å². The fraction of sp³-hybridized carbons (Fsp3) is 0.115. The second-order valence-electron chi connectivity index (χ2n) is 6.78. The molecule has 0 bridgehead atoms. The van der Waals surface area contributed by atoms with Gasteiger partial charge in [0.1, 0.15) is 0 Å². The topological polar surface area (TPSA) is 3.88 Å². The van der Waals surface area contributed by atoms with Gasteiger partial charge in [-0.25, -0.2) is 0 Å². The van der Waals surface area contributed by atoms with Crippen LogP contribution in [0.2, 0.25) is 0 Å². The Morgan fingerprint density at radius 2 is 1.15 bits per heavy atom. The molecule has 4 aromatic rings. The Morgan fingerprint density at radius 1 is 0.593 bits per heavy atom. The molecule has 0 aliphatic rings. The second-order valence-corrected chi connectivity index (χ2v) is 6.78. The molecule has 0 radical (unpaired) electrons. The van der Waals surface area contributed by atoms with Gasteiger partial charge >= 0.3 is 0 Å². The molecule has 0 N–H and O–H groups in total. The van der Waals surface area contributed by atoms with E-state index in [1.165, 1.54) is 33.6 Å². The van der Waals surface area contributed by atoms with Crippen LogP contribution in [0.5, 0.6) is 0 Å². The smallest absolute Gasteiger partial charge is 0.191 e. The number of aryl methyl sites for hydroxylation is 1. The average molecular weight is 350 g/mol. The summed E-state index contributed by atoms with van der Waals surface area (Å²) in [5.74, 6) is 0. The number of hydrogen-bond donors (Lipinski definition) is 0. The molecule has 0 spiro atoms. The van der Waals surface area contributed by atoms with E-state index in [-0.39, 0.29) is 0 Å². The van der Waals surface area contributed by atoms with Gasteiger partial charge in [0, 0.05) is 29.7 Å². The molecule has 0 saturated carbocycles. The summed E-state index contributed by atoms with van der Waals surface area (Å²) >= 11 is 0. The molecule has 0 fully saturated rings. The van der Waals surface area contributed by atoms with Gasteiger partial charge in [0.25, 0.3) is 0 Å². The van der Waals surface area contributed by atoms with Crippen LogP contribution in [0.15, 0.2) is 103 Å². The maximum absolute atomic E-state index is 2.46. The highest BCUT2D eigenvalue weighted by Crippen LogP contribution is 2.25. The molecule has 1 heterocycles. The van der Waals surface area contributed by atoms with E-state index in [9.17, 15) is 0 Å². The first-order valence-corrected chi connectivity index (χ1v) is 9.56. The van der Waals surface area contributed by atoms with Gasteiger partial charge in [-0.1, -0.05) is 85.8 Å². The molecule has 1 aromatic heterocycles. The van der Waals surface area contributed by atoms with E-state index >= 15 is 0 Å². The van der Waals surface area contributed by atoms with Crippen LogP contribution in [0.4, 0.5) is 0 Å². The Bertz CT molecular complexity index is 1010. The first kappa shape index (κ1) is 17.2. The largest absolute Gasteiger partial charge is 0.213 e. The van der Waals surface area contributed by atoms with Gasteiger partial charge in [-0.3, -0.25) is 0 Å². The van der Waals surface area contributed by atoms with Crippen molar-refractivity contribution in [2.75, 3.05) is 0 Å². The van der Waals surface area contributed by atoms with Crippen molar-refractivity contribution in [3.63, 3.8) is 0 Å². The lowest BCUT2D eigenvalue weighted by molar-refractivity contribution is -0.684. The average Bonchev–Trinajstić information content (AvgIpc) is 2.76. The molecule has 1 heteroatoms. The Hall–Kier alpha value is -3.19. The van der Waals surface area contributed by atoms with Gasteiger partial charge in [0.05, 0.1) is 0 Å². The number of aromatic nitrogens is 1. The molecular formula is C26H24N+. The third-order valence-corrected chi connectivity index (χ3v) is 4.97. The monoisotopic (exact) mass is 350 g/mol. The highest BCUT2D eigenvalue weighted by molar-refractivity contribution is 5.69. The lowest BCUT2D eigenvalue weighted by atomic mass is 10.0. The Morgan fingerprint density at radius 3 is 1.74 bits per heavy atom. The minimum absolute atomic E-state index is 0.878. The lowest BCUT2D eigenvalue weighted by Gasteiger charge is -2.12. The summed E-state index contributed by atoms with van der Waals surface area (Å²) in [6.45, 7) is 3.11. The number of pyridine rings is 1. The third-order valence-electron chi connectivity index (χ3n) is 4.97. The maximum Gasteiger partial charge on any atom is 0.213 e. The third kappa shape index (κ3) is 3.83. The SMILES string of the molecule is CCc1cc(-c2ccccc2)cc(-c2ccccc2)[n+]1Cc1ccccc1. The van der Waals surface area contributed by atoms with E-state index in [1.807, 2.05) is 0 Å². The molecule has 0 unspecified atom stereocenters. The number of rotatable bonds is 5. The number of nitrogens with zero attached hydrogens (tertiary/aromatic N) is 1. The molecular weight excluding hydrogens is 326 g/mol. The summed E-state index contributed by atoms with van der Waals surface area (Å²) in [4.78, 5) is 0. The van der Waals surface area contributed by atoms with Crippen molar-refractivity contribution in [1.82, 2.24) is 0 Å². The Labute approximate surface area is 161 Å². The number of hydrogen-bond acceptors (Lipinski definition) is 0. The molecule has 27 heavy (non-hydrogen) atoms. The molecule has 1 nitrogen and oxygen atoms in total. The zero-order valence-corrected chi connectivity index (χ0v) is 15.7. The summed E-state index contributed by atoms with van der Waals surface area (Å²) in [6, 6.07) is 36.7. The fourth-order valence-corrected chi connectivity index (χ4v) is 3.57. The van der Waals surface area contributed by atoms with Crippen LogP contribution in [0, 0.1) is 0 Å². The zero-order chi connectivity index (χ0) is 18.5. The zero-order valence-electron chi connectivity index (χ0n) is 15.7. The highest BCUT2D eigenvalue weighted by Gasteiger charge is 2.20. The normalized spacial score (nSPS) is 10.7. The molecule has 0 amide bonds. The second kappa shape index (κ2) is 8.01. The van der Waals surface area contributed by atoms with Gasteiger partial charge in [-0.2, -0.15) is 4.57 Å². The Balaban J connectivity index is 1.91. The molecule has 0 saturated heterocycles. The van der Waals surface area contributed by atoms with Crippen LogP contribution in [-0.2, 0) is 13.0 Å². The molecule has 0 aliphatic carbocycles. The highest BCUT2D eigenvalue weighted by atomic mass is 15.0. The van der Waals surface area contributed by atoms with E-state index in [0.717, 1.165) is 13.0 Å². The molecule has 0 aliphatic heterocycles. The minimum Gasteiger partial charge on any atom is -0.191 e. The van der Waals surface area contributed by atoms with Crippen LogP contribution in [0.1, 0.15) is 18.2 Å². The van der Waals surface area contributed by atoms with E-state index in [1.54, 1.807) is 0 Å².